The number of hydrazine groups is 1. The van der Waals surface area contributed by atoms with Crippen LogP contribution in [0.2, 0.25) is 0 Å². The van der Waals surface area contributed by atoms with Crippen LogP contribution in [0, 0.1) is 17.2 Å². The lowest BCUT2D eigenvalue weighted by Gasteiger charge is -2.47. The van der Waals surface area contributed by atoms with Crippen molar-refractivity contribution in [1.29, 1.82) is 5.26 Å². The van der Waals surface area contributed by atoms with Crippen molar-refractivity contribution in [2.75, 3.05) is 0 Å². The Morgan fingerprint density at radius 1 is 1.06 bits per heavy atom. The van der Waals surface area contributed by atoms with E-state index in [1.165, 1.54) is 23.8 Å². The second-order valence-corrected chi connectivity index (χ2v) is 8.84. The molecular formula is C27H30N4O4. The number of amides is 3. The minimum absolute atomic E-state index is 0.143. The van der Waals surface area contributed by atoms with Gasteiger partial charge >= 0.3 is 0 Å². The maximum absolute atomic E-state index is 14.0. The lowest BCUT2D eigenvalue weighted by atomic mass is 9.97. The molecule has 0 saturated heterocycles. The summed E-state index contributed by atoms with van der Waals surface area (Å²) >= 11 is 0. The number of aliphatic hydroxyl groups excluding tert-OH is 1. The number of hydrogen-bond acceptors (Lipinski definition) is 5. The third-order valence-corrected chi connectivity index (χ3v) is 5.95. The molecule has 3 amide bonds. The van der Waals surface area contributed by atoms with Gasteiger partial charge in [0.15, 0.2) is 6.10 Å². The van der Waals surface area contributed by atoms with Gasteiger partial charge in [0, 0.05) is 25.6 Å². The molecule has 0 fully saturated rings. The molecule has 1 heterocycles. The van der Waals surface area contributed by atoms with Crippen molar-refractivity contribution in [2.45, 2.75) is 52.3 Å². The number of nitrogens with zero attached hydrogens (tertiary/aromatic N) is 4. The monoisotopic (exact) mass is 474 g/mol. The van der Waals surface area contributed by atoms with Crippen LogP contribution in [-0.2, 0) is 20.8 Å². The van der Waals surface area contributed by atoms with Crippen LogP contribution in [0.25, 0.3) is 5.70 Å². The van der Waals surface area contributed by atoms with Gasteiger partial charge in [-0.2, -0.15) is 5.26 Å². The Labute approximate surface area is 205 Å². The Kier molecular flexibility index (Phi) is 8.05. The van der Waals surface area contributed by atoms with Crippen LogP contribution in [0.4, 0.5) is 0 Å². The van der Waals surface area contributed by atoms with Gasteiger partial charge in [-0.05, 0) is 17.9 Å². The van der Waals surface area contributed by atoms with Gasteiger partial charge < -0.3 is 10.0 Å². The molecular weight excluding hydrogens is 444 g/mol. The highest BCUT2D eigenvalue weighted by atomic mass is 16.3. The van der Waals surface area contributed by atoms with Gasteiger partial charge in [0.25, 0.3) is 5.91 Å². The van der Waals surface area contributed by atoms with E-state index in [0.717, 1.165) is 10.6 Å². The molecule has 8 heteroatoms. The van der Waals surface area contributed by atoms with E-state index in [0.29, 0.717) is 11.3 Å². The second kappa shape index (κ2) is 11.0. The predicted octanol–water partition coefficient (Wildman–Crippen LogP) is 2.96. The SMILES string of the molecule is CC(=O)N1C=C(c2ccccc2)N(N(C(C)=O)[C@@H](Cc2ccccc2)C(O)C#N)C(=O)C1C(C)C. The van der Waals surface area contributed by atoms with Gasteiger partial charge in [0.1, 0.15) is 6.04 Å². The number of benzene rings is 2. The summed E-state index contributed by atoms with van der Waals surface area (Å²) in [6.45, 7) is 6.32. The van der Waals surface area contributed by atoms with Crippen LogP contribution in [0.3, 0.4) is 0 Å². The molecule has 0 aromatic heterocycles. The summed E-state index contributed by atoms with van der Waals surface area (Å²) in [5.74, 6) is -1.58. The van der Waals surface area contributed by atoms with Gasteiger partial charge in [-0.25, -0.2) is 10.0 Å². The van der Waals surface area contributed by atoms with Gasteiger partial charge in [0.2, 0.25) is 11.8 Å². The lowest BCUT2D eigenvalue weighted by molar-refractivity contribution is -0.169. The Balaban J connectivity index is 2.23. The van der Waals surface area contributed by atoms with Gasteiger partial charge in [-0.3, -0.25) is 14.4 Å². The molecule has 0 bridgehead atoms. The maximum Gasteiger partial charge on any atom is 0.269 e. The molecule has 2 aromatic carbocycles. The van der Waals surface area contributed by atoms with Gasteiger partial charge in [-0.15, -0.1) is 0 Å². The smallest absolute Gasteiger partial charge is 0.269 e. The van der Waals surface area contributed by atoms with Crippen LogP contribution in [0.5, 0.6) is 0 Å². The normalized spacial score (nSPS) is 17.5. The number of carbonyl (C=O) groups excluding carboxylic acids is 3. The topological polar surface area (TPSA) is 105 Å². The van der Waals surface area contributed by atoms with Crippen molar-refractivity contribution >= 4 is 23.4 Å². The van der Waals surface area contributed by atoms with Crippen LogP contribution in [0.1, 0.15) is 38.8 Å². The van der Waals surface area contributed by atoms with Crippen molar-refractivity contribution in [3.8, 4) is 6.07 Å². The third kappa shape index (κ3) is 5.42. The van der Waals surface area contributed by atoms with Gasteiger partial charge in [0.05, 0.1) is 17.8 Å². The minimum Gasteiger partial charge on any atom is -0.376 e. The Morgan fingerprint density at radius 2 is 1.63 bits per heavy atom. The van der Waals surface area contributed by atoms with E-state index in [9.17, 15) is 24.8 Å². The van der Waals surface area contributed by atoms with Gasteiger partial charge in [-0.1, -0.05) is 74.5 Å². The van der Waals surface area contributed by atoms with Crippen molar-refractivity contribution in [3.05, 3.63) is 78.0 Å². The van der Waals surface area contributed by atoms with Crippen molar-refractivity contribution < 1.29 is 19.5 Å². The van der Waals surface area contributed by atoms with E-state index in [4.69, 9.17) is 0 Å². The van der Waals surface area contributed by atoms with E-state index < -0.39 is 30.0 Å². The number of aliphatic hydroxyl groups is 1. The summed E-state index contributed by atoms with van der Waals surface area (Å²) in [6, 6.07) is 18.0. The molecule has 8 nitrogen and oxygen atoms in total. The standard InChI is InChI=1S/C27H30N4O4/c1-18(2)26-27(35)31(24(17-29(26)19(3)32)22-13-9-6-10-14-22)30(20(4)33)23(25(34)16-28)15-21-11-7-5-8-12-21/h5-14,17-18,23,25-26,34H,15H2,1-4H3/t23-,25?,26?/m0/s1. The first-order valence-corrected chi connectivity index (χ1v) is 11.5. The third-order valence-electron chi connectivity index (χ3n) is 5.95. The fraction of sp³-hybridized carbons (Fsp3) is 0.333. The highest BCUT2D eigenvalue weighted by Gasteiger charge is 2.45. The predicted molar refractivity (Wildman–Crippen MR) is 130 cm³/mol. The molecule has 0 radical (unpaired) electrons. The lowest BCUT2D eigenvalue weighted by Crippen LogP contribution is -2.63. The van der Waals surface area contributed by atoms with Crippen LogP contribution >= 0.6 is 0 Å². The summed E-state index contributed by atoms with van der Waals surface area (Å²) in [5, 5.41) is 22.7. The first-order chi connectivity index (χ1) is 16.7. The number of hydrogen-bond donors (Lipinski definition) is 1. The summed E-state index contributed by atoms with van der Waals surface area (Å²) in [4.78, 5) is 41.0. The van der Waals surface area contributed by atoms with E-state index >= 15 is 0 Å². The van der Waals surface area contributed by atoms with Crippen molar-refractivity contribution in [1.82, 2.24) is 14.9 Å². The number of rotatable bonds is 7. The quantitative estimate of drug-likeness (QED) is 0.621. The molecule has 0 aliphatic carbocycles. The Bertz CT molecular complexity index is 1140. The second-order valence-electron chi connectivity index (χ2n) is 8.84. The summed E-state index contributed by atoms with van der Waals surface area (Å²) in [5.41, 5.74) is 1.70. The van der Waals surface area contributed by atoms with Crippen molar-refractivity contribution in [2.24, 2.45) is 5.92 Å². The van der Waals surface area contributed by atoms with E-state index in [1.54, 1.807) is 30.5 Å². The molecule has 35 heavy (non-hydrogen) atoms. The molecule has 0 spiro atoms. The summed E-state index contributed by atoms with van der Waals surface area (Å²) in [6.07, 6.45) is 0.147. The summed E-state index contributed by atoms with van der Waals surface area (Å²) < 4.78 is 0. The zero-order chi connectivity index (χ0) is 25.7. The fourth-order valence-electron chi connectivity index (χ4n) is 4.35. The van der Waals surface area contributed by atoms with E-state index in [1.807, 2.05) is 56.3 Å². The van der Waals surface area contributed by atoms with Crippen molar-refractivity contribution in [3.63, 3.8) is 0 Å². The van der Waals surface area contributed by atoms with E-state index in [2.05, 4.69) is 0 Å². The summed E-state index contributed by atoms with van der Waals surface area (Å²) in [7, 11) is 0. The van der Waals surface area contributed by atoms with Crippen LogP contribution in [0.15, 0.2) is 66.9 Å². The van der Waals surface area contributed by atoms with Crippen LogP contribution in [-0.4, -0.2) is 55.9 Å². The zero-order valence-electron chi connectivity index (χ0n) is 20.3. The number of carbonyl (C=O) groups is 3. The van der Waals surface area contributed by atoms with E-state index in [-0.39, 0.29) is 18.2 Å². The highest BCUT2D eigenvalue weighted by Crippen LogP contribution is 2.33. The molecule has 2 unspecified atom stereocenters. The molecule has 1 aliphatic rings. The maximum atomic E-state index is 14.0. The van der Waals surface area contributed by atoms with Crippen LogP contribution < -0.4 is 0 Å². The highest BCUT2D eigenvalue weighted by molar-refractivity contribution is 5.98. The molecule has 1 N–H and O–H groups in total. The molecule has 182 valence electrons. The molecule has 3 rings (SSSR count). The molecule has 1 aliphatic heterocycles. The average Bonchev–Trinajstić information content (AvgIpc) is 2.84. The molecule has 2 aromatic rings. The minimum atomic E-state index is -1.56. The Hall–Kier alpha value is -3.96. The molecule has 3 atom stereocenters. The average molecular weight is 475 g/mol. The first kappa shape index (κ1) is 25.7. The largest absolute Gasteiger partial charge is 0.376 e. The first-order valence-electron chi connectivity index (χ1n) is 11.5. The zero-order valence-corrected chi connectivity index (χ0v) is 20.3. The fourth-order valence-corrected chi connectivity index (χ4v) is 4.35. The number of nitriles is 1. The Morgan fingerprint density at radius 3 is 2.11 bits per heavy atom. The molecule has 0 saturated carbocycles.